The van der Waals surface area contributed by atoms with E-state index in [1.807, 2.05) is 24.3 Å². The molecule has 2 aliphatic heterocycles. The minimum Gasteiger partial charge on any atom is -0.481 e. The second-order valence-corrected chi connectivity index (χ2v) is 18.7. The van der Waals surface area contributed by atoms with Crippen molar-refractivity contribution in [2.24, 2.45) is 11.8 Å². The Morgan fingerprint density at radius 2 is 0.914 bits per heavy atom. The van der Waals surface area contributed by atoms with Crippen LogP contribution in [0.4, 0.5) is 0 Å². The Hall–Kier alpha value is -5.58. The predicted octanol–water partition coefficient (Wildman–Crippen LogP) is 10.1. The van der Waals surface area contributed by atoms with Crippen LogP contribution in [-0.4, -0.2) is 33.1 Å². The van der Waals surface area contributed by atoms with Crippen molar-refractivity contribution >= 4 is 80.3 Å². The van der Waals surface area contributed by atoms with Gasteiger partial charge < -0.3 is 9.47 Å². The van der Waals surface area contributed by atoms with E-state index in [1.54, 1.807) is 59.1 Å². The van der Waals surface area contributed by atoms with Crippen molar-refractivity contribution in [3.63, 3.8) is 0 Å². The standard InChI is InChI=1S/C48H36N2O6S2/c51-39-29-13-5-3-11-27(29)31(41(39)53)23-37-49-45-43(57-37)33-19-26-22-36-34(20-25(26)21-35(33)55-47(45)15-7-1-8-16-47)44-46(48(56-36)17-9-2-10-18-48)50-38(58-44)24-32-28-12-4-6-14-30(28)40(52)42(32)54/h3-6,11-14,19-26H,1-2,7-10,15-18H2/b31-23-,32-24-. The smallest absolute Gasteiger partial charge is 0.234 e. The van der Waals surface area contributed by atoms with E-state index in [-0.39, 0.29) is 11.8 Å². The predicted molar refractivity (Wildman–Crippen MR) is 222 cm³/mol. The molecule has 12 rings (SSSR count). The molecular formula is C48H36N2O6S2. The third-order valence-corrected chi connectivity index (χ3v) is 15.4. The number of allylic oxidation sites excluding steroid dienone is 8. The number of ether oxygens (including phenoxy) is 2. The van der Waals surface area contributed by atoms with Crippen LogP contribution in [0.3, 0.4) is 0 Å². The van der Waals surface area contributed by atoms with Gasteiger partial charge in [-0.25, -0.2) is 9.97 Å². The van der Waals surface area contributed by atoms with E-state index in [9.17, 15) is 19.2 Å². The zero-order valence-corrected chi connectivity index (χ0v) is 33.1. The first kappa shape index (κ1) is 34.5. The van der Waals surface area contributed by atoms with E-state index >= 15 is 0 Å². The highest BCUT2D eigenvalue weighted by Crippen LogP contribution is 2.58. The van der Waals surface area contributed by atoms with E-state index in [0.29, 0.717) is 43.4 Å². The fourth-order valence-electron chi connectivity index (χ4n) is 10.5. The number of ketones is 4. The maximum atomic E-state index is 13.2. The second kappa shape index (κ2) is 12.5. The summed E-state index contributed by atoms with van der Waals surface area (Å²) in [4.78, 5) is 64.7. The summed E-state index contributed by atoms with van der Waals surface area (Å²) in [7, 11) is 0. The highest BCUT2D eigenvalue weighted by molar-refractivity contribution is 7.14. The fourth-order valence-corrected chi connectivity index (χ4v) is 12.8. The van der Waals surface area contributed by atoms with Crippen LogP contribution in [0.15, 0.2) is 84.4 Å². The molecule has 2 fully saturated rings. The van der Waals surface area contributed by atoms with Gasteiger partial charge in [0.2, 0.25) is 23.1 Å². The Labute approximate surface area is 342 Å². The van der Waals surface area contributed by atoms with Crippen LogP contribution in [0.1, 0.15) is 127 Å². The molecule has 2 aromatic carbocycles. The fraction of sp³-hybridized carbons (Fsp3) is 0.292. The van der Waals surface area contributed by atoms with Gasteiger partial charge in [-0.2, -0.15) is 0 Å². The molecule has 6 aliphatic carbocycles. The lowest BCUT2D eigenvalue weighted by Gasteiger charge is -2.45. The molecule has 4 aromatic rings. The lowest BCUT2D eigenvalue weighted by Crippen LogP contribution is -2.38. The highest BCUT2D eigenvalue weighted by Gasteiger charge is 2.50. The molecular weight excluding hydrogens is 765 g/mol. The summed E-state index contributed by atoms with van der Waals surface area (Å²) in [6, 6.07) is 14.4. The maximum absolute atomic E-state index is 13.2. The van der Waals surface area contributed by atoms with Crippen LogP contribution >= 0.6 is 22.7 Å². The summed E-state index contributed by atoms with van der Waals surface area (Å²) in [5.41, 5.74) is 5.81. The lowest BCUT2D eigenvalue weighted by atomic mass is 9.73. The van der Waals surface area contributed by atoms with Gasteiger partial charge in [0.1, 0.15) is 32.9 Å². The van der Waals surface area contributed by atoms with Crippen LogP contribution in [-0.2, 0) is 30.3 Å². The third-order valence-electron chi connectivity index (χ3n) is 13.3. The van der Waals surface area contributed by atoms with Crippen molar-refractivity contribution in [3.8, 4) is 0 Å². The number of rotatable bonds is 2. The maximum Gasteiger partial charge on any atom is 0.234 e. The van der Waals surface area contributed by atoms with Gasteiger partial charge in [-0.05, 0) is 86.8 Å². The van der Waals surface area contributed by atoms with Crippen LogP contribution < -0.4 is 0 Å². The minimum absolute atomic E-state index is 0.00879. The van der Waals surface area contributed by atoms with E-state index in [1.165, 1.54) is 0 Å². The third kappa shape index (κ3) is 4.91. The minimum atomic E-state index is -0.556. The molecule has 0 radical (unpaired) electrons. The summed E-state index contributed by atoms with van der Waals surface area (Å²) in [6.45, 7) is 0. The average Bonchev–Trinajstić information content (AvgIpc) is 4.00. The molecule has 0 bridgehead atoms. The van der Waals surface area contributed by atoms with Crippen molar-refractivity contribution in [1.29, 1.82) is 0 Å². The number of benzene rings is 2. The van der Waals surface area contributed by atoms with Gasteiger partial charge in [0.25, 0.3) is 0 Å². The molecule has 0 amide bonds. The van der Waals surface area contributed by atoms with Crippen molar-refractivity contribution in [3.05, 3.63) is 138 Å². The SMILES string of the molecule is O=C1C(=O)c2ccccc2/C1=C/c1nc2c(s1)C1=CC3C=C4OC5(CCCCC5)c5nc(/C=C6\C(=O)C(=O)c7ccccc76)sc5C4=CC3C=C1OC21CCCCC1. The molecule has 8 nitrogen and oxygen atoms in total. The molecule has 58 heavy (non-hydrogen) atoms. The molecule has 2 saturated carbocycles. The lowest BCUT2D eigenvalue weighted by molar-refractivity contribution is -0.110. The zero-order valence-electron chi connectivity index (χ0n) is 31.5. The number of thiazole rings is 2. The van der Waals surface area contributed by atoms with Crippen molar-refractivity contribution in [2.45, 2.75) is 75.4 Å². The Morgan fingerprint density at radius 3 is 1.33 bits per heavy atom. The molecule has 2 unspecified atom stereocenters. The van der Waals surface area contributed by atoms with E-state index in [0.717, 1.165) is 108 Å². The number of carbonyl (C=O) groups is 4. The molecule has 0 N–H and O–H groups in total. The summed E-state index contributed by atoms with van der Waals surface area (Å²) >= 11 is 3.14. The van der Waals surface area contributed by atoms with Crippen LogP contribution in [0.2, 0.25) is 0 Å². The summed E-state index contributed by atoms with van der Waals surface area (Å²) in [6.07, 6.45) is 22.6. The summed E-state index contributed by atoms with van der Waals surface area (Å²) in [5, 5.41) is 1.40. The molecule has 4 heterocycles. The average molecular weight is 801 g/mol. The molecule has 10 heteroatoms. The number of fused-ring (bicyclic) bond motifs is 11. The number of nitrogens with zero attached hydrogens (tertiary/aromatic N) is 2. The Morgan fingerprint density at radius 1 is 0.517 bits per heavy atom. The normalized spacial score (nSPS) is 25.7. The molecule has 2 spiro atoms. The molecule has 0 saturated heterocycles. The van der Waals surface area contributed by atoms with Gasteiger partial charge in [0, 0.05) is 45.3 Å². The summed E-state index contributed by atoms with van der Waals surface area (Å²) < 4.78 is 14.3. The largest absolute Gasteiger partial charge is 0.481 e. The first-order valence-electron chi connectivity index (χ1n) is 20.4. The second-order valence-electron chi connectivity index (χ2n) is 16.7. The van der Waals surface area contributed by atoms with Gasteiger partial charge in [0.05, 0.1) is 9.75 Å². The van der Waals surface area contributed by atoms with Crippen LogP contribution in [0.25, 0.3) is 34.4 Å². The van der Waals surface area contributed by atoms with Crippen molar-refractivity contribution in [2.75, 3.05) is 0 Å². The first-order valence-corrected chi connectivity index (χ1v) is 22.0. The van der Waals surface area contributed by atoms with Crippen LogP contribution in [0, 0.1) is 11.8 Å². The number of aromatic nitrogens is 2. The molecule has 286 valence electrons. The number of carbonyl (C=O) groups excluding carboxylic acids is 4. The van der Waals surface area contributed by atoms with Crippen molar-refractivity contribution in [1.82, 2.24) is 9.97 Å². The van der Waals surface area contributed by atoms with E-state index < -0.39 is 34.3 Å². The van der Waals surface area contributed by atoms with Gasteiger partial charge in [-0.15, -0.1) is 22.7 Å². The molecule has 2 atom stereocenters. The quantitative estimate of drug-likeness (QED) is 0.146. The van der Waals surface area contributed by atoms with Gasteiger partial charge >= 0.3 is 0 Å². The number of hydrogen-bond acceptors (Lipinski definition) is 10. The first-order chi connectivity index (χ1) is 28.3. The Bertz CT molecular complexity index is 2600. The van der Waals surface area contributed by atoms with Gasteiger partial charge in [-0.3, -0.25) is 19.2 Å². The topological polar surface area (TPSA) is 113 Å². The van der Waals surface area contributed by atoms with Crippen LogP contribution in [0.5, 0.6) is 0 Å². The molecule has 2 aromatic heterocycles. The van der Waals surface area contributed by atoms with Gasteiger partial charge in [0.15, 0.2) is 11.2 Å². The van der Waals surface area contributed by atoms with E-state index in [2.05, 4.69) is 24.3 Å². The molecule has 8 aliphatic rings. The number of Topliss-reactive ketones (excluding diaryl/α,β-unsaturated/α-hetero) is 4. The zero-order chi connectivity index (χ0) is 38.9. The summed E-state index contributed by atoms with van der Waals surface area (Å²) in [5.74, 6) is -0.167. The number of hydrogen-bond donors (Lipinski definition) is 0. The Balaban J connectivity index is 0.957. The highest BCUT2D eigenvalue weighted by atomic mass is 32.1. The van der Waals surface area contributed by atoms with Gasteiger partial charge in [-0.1, -0.05) is 73.5 Å². The Kier molecular flexibility index (Phi) is 7.40. The monoisotopic (exact) mass is 800 g/mol. The van der Waals surface area contributed by atoms with Crippen molar-refractivity contribution < 1.29 is 28.7 Å². The van der Waals surface area contributed by atoms with E-state index in [4.69, 9.17) is 19.4 Å².